The Morgan fingerprint density at radius 3 is 1.19 bits per heavy atom. The van der Waals surface area contributed by atoms with Crippen molar-refractivity contribution in [2.75, 3.05) is 26.4 Å². The molecule has 17 atom stereocenters. The molecule has 1 amide bonds. The van der Waals surface area contributed by atoms with Gasteiger partial charge in [-0.1, -0.05) is 187 Å². The van der Waals surface area contributed by atoms with Crippen LogP contribution in [0.2, 0.25) is 0 Å². The van der Waals surface area contributed by atoms with E-state index in [0.29, 0.717) is 12.8 Å². The van der Waals surface area contributed by atoms with Crippen LogP contribution in [0.5, 0.6) is 0 Å². The maximum atomic E-state index is 13.3. The fourth-order valence-corrected chi connectivity index (χ4v) is 10.1. The van der Waals surface area contributed by atoms with Crippen molar-refractivity contribution in [2.45, 2.75) is 311 Å². The largest absolute Gasteiger partial charge is 0.394 e. The van der Waals surface area contributed by atoms with Crippen molar-refractivity contribution in [1.82, 2.24) is 5.32 Å². The molecule has 3 rings (SSSR count). The molecule has 3 fully saturated rings. The summed E-state index contributed by atoms with van der Waals surface area (Å²) in [6.07, 6.45) is 7.98. The zero-order valence-electron chi connectivity index (χ0n) is 44.6. The van der Waals surface area contributed by atoms with Gasteiger partial charge in [0, 0.05) is 6.42 Å². The molecule has 12 N–H and O–H groups in total. The van der Waals surface area contributed by atoms with Crippen LogP contribution in [0.4, 0.5) is 0 Å². The third kappa shape index (κ3) is 24.1. The number of unbranched alkanes of at least 4 members (excludes halogenated alkanes) is 26. The van der Waals surface area contributed by atoms with Crippen molar-refractivity contribution in [3.8, 4) is 0 Å². The molecule has 0 aliphatic carbocycles. The van der Waals surface area contributed by atoms with Crippen LogP contribution in [0, 0.1) is 0 Å². The first-order chi connectivity index (χ1) is 35.3. The van der Waals surface area contributed by atoms with Crippen LogP contribution in [0.15, 0.2) is 0 Å². The van der Waals surface area contributed by atoms with E-state index in [1.807, 2.05) is 0 Å². The van der Waals surface area contributed by atoms with Gasteiger partial charge < -0.3 is 89.9 Å². The minimum Gasteiger partial charge on any atom is -0.394 e. The highest BCUT2D eigenvalue weighted by molar-refractivity contribution is 5.76. The number of hydrogen-bond donors (Lipinski definition) is 12. The Hall–Kier alpha value is -1.21. The van der Waals surface area contributed by atoms with Crippen molar-refractivity contribution in [3.05, 3.63) is 0 Å². The summed E-state index contributed by atoms with van der Waals surface area (Å²) in [6, 6.07) is -0.877. The molecule has 3 saturated heterocycles. The highest BCUT2D eigenvalue weighted by Gasteiger charge is 2.53. The molecule has 0 bridgehead atoms. The number of carbonyl (C=O) groups excluding carboxylic acids is 1. The normalized spacial score (nSPS) is 31.7. The van der Waals surface area contributed by atoms with Crippen molar-refractivity contribution in [2.24, 2.45) is 0 Å². The van der Waals surface area contributed by atoms with Gasteiger partial charge in [0.15, 0.2) is 18.9 Å². The van der Waals surface area contributed by atoms with E-state index in [1.165, 1.54) is 128 Å². The van der Waals surface area contributed by atoms with Gasteiger partial charge in [0.25, 0.3) is 0 Å². The molecule has 0 aromatic rings. The molecular weight excluding hydrogens is 951 g/mol. The fourth-order valence-electron chi connectivity index (χ4n) is 10.1. The monoisotopic (exact) mass is 1050 g/mol. The Morgan fingerprint density at radius 2 is 0.781 bits per heavy atom. The Bertz CT molecular complexity index is 1350. The number of hydrogen-bond acceptors (Lipinski definition) is 18. The second-order valence-electron chi connectivity index (χ2n) is 21.1. The standard InChI is InChI=1S/C54H103NO18/c1-3-5-7-9-11-13-14-15-16-17-18-19-20-21-22-23-24-26-28-30-32-42(60)55-37(38(59)31-29-27-25-12-10-8-6-4-2)36-68-52-48(66)45(63)50(40(34-57)70-52)73-54-49(67)46(64)51(41(35-58)71-54)72-53-47(65)44(62)43(61)39(33-56)69-53/h37-41,43-54,56-59,61-67H,3-36H2,1-2H3,(H,55,60). The second kappa shape index (κ2) is 39.2. The predicted octanol–water partition coefficient (Wildman–Crippen LogP) is 4.04. The smallest absolute Gasteiger partial charge is 0.220 e. The summed E-state index contributed by atoms with van der Waals surface area (Å²) in [4.78, 5) is 13.3. The third-order valence-corrected chi connectivity index (χ3v) is 14.9. The molecular formula is C54H103NO18. The third-order valence-electron chi connectivity index (χ3n) is 14.9. The molecule has 19 heteroatoms. The van der Waals surface area contributed by atoms with Gasteiger partial charge in [0.05, 0.1) is 38.6 Å². The average Bonchev–Trinajstić information content (AvgIpc) is 3.39. The van der Waals surface area contributed by atoms with E-state index in [4.69, 9.17) is 28.4 Å². The van der Waals surface area contributed by atoms with E-state index in [2.05, 4.69) is 19.2 Å². The van der Waals surface area contributed by atoms with Gasteiger partial charge in [-0.3, -0.25) is 4.79 Å². The van der Waals surface area contributed by atoms with Crippen molar-refractivity contribution in [3.63, 3.8) is 0 Å². The lowest BCUT2D eigenvalue weighted by atomic mass is 9.96. The summed E-state index contributed by atoms with van der Waals surface area (Å²) in [5.41, 5.74) is 0. The Balaban J connectivity index is 1.45. The lowest BCUT2D eigenvalue weighted by molar-refractivity contribution is -0.379. The minimum atomic E-state index is -1.97. The van der Waals surface area contributed by atoms with Gasteiger partial charge in [-0.05, 0) is 12.8 Å². The molecule has 0 saturated carbocycles. The van der Waals surface area contributed by atoms with Crippen molar-refractivity contribution >= 4 is 5.91 Å². The van der Waals surface area contributed by atoms with E-state index < -0.39 is 124 Å². The molecule has 0 aromatic heterocycles. The first-order valence-electron chi connectivity index (χ1n) is 28.8. The quantitative estimate of drug-likeness (QED) is 0.0384. The van der Waals surface area contributed by atoms with Crippen LogP contribution in [0.25, 0.3) is 0 Å². The van der Waals surface area contributed by atoms with Gasteiger partial charge in [-0.15, -0.1) is 0 Å². The lowest BCUT2D eigenvalue weighted by Crippen LogP contribution is -2.66. The van der Waals surface area contributed by atoms with Crippen LogP contribution < -0.4 is 5.32 Å². The summed E-state index contributed by atoms with van der Waals surface area (Å²) < 4.78 is 34.2. The summed E-state index contributed by atoms with van der Waals surface area (Å²) in [5.74, 6) is -0.243. The molecule has 0 aromatic carbocycles. The Labute approximate surface area is 436 Å². The molecule has 3 heterocycles. The van der Waals surface area contributed by atoms with E-state index in [9.17, 15) is 61.0 Å². The number of nitrogens with one attached hydrogen (secondary N) is 1. The van der Waals surface area contributed by atoms with Crippen molar-refractivity contribution < 1.29 is 89.4 Å². The molecule has 0 spiro atoms. The number of aliphatic hydroxyl groups is 11. The molecule has 73 heavy (non-hydrogen) atoms. The van der Waals surface area contributed by atoms with Gasteiger partial charge in [0.2, 0.25) is 5.91 Å². The maximum absolute atomic E-state index is 13.3. The van der Waals surface area contributed by atoms with Crippen LogP contribution in [-0.4, -0.2) is 193 Å². The number of carbonyl (C=O) groups is 1. The highest BCUT2D eigenvalue weighted by Crippen LogP contribution is 2.33. The predicted molar refractivity (Wildman–Crippen MR) is 273 cm³/mol. The van der Waals surface area contributed by atoms with E-state index in [1.54, 1.807) is 0 Å². The first kappa shape index (κ1) is 66.1. The van der Waals surface area contributed by atoms with Gasteiger partial charge in [-0.2, -0.15) is 0 Å². The zero-order chi connectivity index (χ0) is 53.4. The average molecular weight is 1050 g/mol. The van der Waals surface area contributed by atoms with E-state index in [0.717, 1.165) is 44.9 Å². The SMILES string of the molecule is CCCCCCCCCCCCCCCCCCCCCCC(=O)NC(COC1OC(CO)C(OC2OC(CO)C(OC3OC(CO)C(O)C(O)C3O)C(O)C2O)C(O)C1O)C(O)CCCCCCCCCC. The summed E-state index contributed by atoms with van der Waals surface area (Å²) >= 11 is 0. The lowest BCUT2D eigenvalue weighted by Gasteiger charge is -2.48. The zero-order valence-corrected chi connectivity index (χ0v) is 44.6. The summed E-state index contributed by atoms with van der Waals surface area (Å²) in [5, 5.41) is 120. The van der Waals surface area contributed by atoms with E-state index in [-0.39, 0.29) is 18.9 Å². The molecule has 17 unspecified atom stereocenters. The second-order valence-corrected chi connectivity index (χ2v) is 21.1. The Kier molecular flexibility index (Phi) is 35.5. The topological polar surface area (TPSA) is 307 Å². The summed E-state index contributed by atoms with van der Waals surface area (Å²) in [7, 11) is 0. The molecule has 19 nitrogen and oxygen atoms in total. The minimum absolute atomic E-state index is 0.243. The van der Waals surface area contributed by atoms with Crippen molar-refractivity contribution in [1.29, 1.82) is 0 Å². The molecule has 432 valence electrons. The number of amides is 1. The maximum Gasteiger partial charge on any atom is 0.220 e. The number of aliphatic hydroxyl groups excluding tert-OH is 11. The molecule has 3 aliphatic rings. The number of rotatable bonds is 42. The number of ether oxygens (including phenoxy) is 6. The van der Waals surface area contributed by atoms with Crippen LogP contribution in [-0.2, 0) is 33.2 Å². The van der Waals surface area contributed by atoms with Gasteiger partial charge in [0.1, 0.15) is 73.2 Å². The first-order valence-corrected chi connectivity index (χ1v) is 28.8. The summed E-state index contributed by atoms with van der Waals surface area (Å²) in [6.45, 7) is 1.75. The van der Waals surface area contributed by atoms with Crippen LogP contribution in [0.3, 0.4) is 0 Å². The van der Waals surface area contributed by atoms with Crippen LogP contribution >= 0.6 is 0 Å². The van der Waals surface area contributed by atoms with Gasteiger partial charge in [-0.25, -0.2) is 0 Å². The molecule has 3 aliphatic heterocycles. The van der Waals surface area contributed by atoms with Crippen LogP contribution in [0.1, 0.15) is 206 Å². The Morgan fingerprint density at radius 1 is 0.438 bits per heavy atom. The van der Waals surface area contributed by atoms with Gasteiger partial charge >= 0.3 is 0 Å². The fraction of sp³-hybridized carbons (Fsp3) is 0.981. The van der Waals surface area contributed by atoms with E-state index >= 15 is 0 Å². The molecule has 0 radical (unpaired) electrons. The highest BCUT2D eigenvalue weighted by atomic mass is 16.8.